The maximum absolute atomic E-state index is 5.39. The fourth-order valence-corrected chi connectivity index (χ4v) is 1.78. The summed E-state index contributed by atoms with van der Waals surface area (Å²) in [5.41, 5.74) is 3.47. The zero-order valence-corrected chi connectivity index (χ0v) is 9.57. The van der Waals surface area contributed by atoms with Crippen LogP contribution in [0.15, 0.2) is 47.1 Å². The van der Waals surface area contributed by atoms with Crippen molar-refractivity contribution in [3.05, 3.63) is 54.0 Å². The van der Waals surface area contributed by atoms with Crippen LogP contribution in [0.5, 0.6) is 0 Å². The molecule has 0 unspecified atom stereocenters. The van der Waals surface area contributed by atoms with Crippen molar-refractivity contribution >= 4 is 0 Å². The molecule has 0 saturated heterocycles. The van der Waals surface area contributed by atoms with E-state index in [2.05, 4.69) is 12.1 Å². The molecule has 0 amide bonds. The maximum atomic E-state index is 5.39. The van der Waals surface area contributed by atoms with Crippen molar-refractivity contribution in [2.45, 2.75) is 13.5 Å². The van der Waals surface area contributed by atoms with Crippen LogP contribution in [0, 0.1) is 6.92 Å². The summed E-state index contributed by atoms with van der Waals surface area (Å²) in [6, 6.07) is 12.2. The summed E-state index contributed by atoms with van der Waals surface area (Å²) in [5, 5.41) is 0. The Morgan fingerprint density at radius 2 is 1.88 bits per heavy atom. The number of rotatable bonds is 3. The first kappa shape index (κ1) is 10.8. The van der Waals surface area contributed by atoms with Crippen LogP contribution in [-0.2, 0) is 11.3 Å². The molecule has 2 rings (SSSR count). The van der Waals surface area contributed by atoms with Gasteiger partial charge < -0.3 is 4.74 Å². The number of aryl methyl sites for hydroxylation is 1. The second-order valence-electron chi connectivity index (χ2n) is 3.67. The molecule has 16 heavy (non-hydrogen) atoms. The third-order valence-electron chi connectivity index (χ3n) is 2.60. The van der Waals surface area contributed by atoms with Crippen molar-refractivity contribution in [2.24, 2.45) is 0 Å². The van der Waals surface area contributed by atoms with E-state index in [0.717, 1.165) is 11.3 Å². The average Bonchev–Trinajstić information content (AvgIpc) is 2.33. The van der Waals surface area contributed by atoms with Gasteiger partial charge in [-0.2, -0.15) is 0 Å². The molecule has 0 radical (unpaired) electrons. The van der Waals surface area contributed by atoms with Gasteiger partial charge in [-0.3, -0.25) is 0 Å². The van der Waals surface area contributed by atoms with E-state index < -0.39 is 0 Å². The van der Waals surface area contributed by atoms with Crippen LogP contribution >= 0.6 is 0 Å². The lowest BCUT2D eigenvalue weighted by Crippen LogP contribution is -1.95. The first-order valence-corrected chi connectivity index (χ1v) is 5.27. The highest BCUT2D eigenvalue weighted by atomic mass is 16.5. The third kappa shape index (κ3) is 2.12. The first-order valence-electron chi connectivity index (χ1n) is 5.27. The van der Waals surface area contributed by atoms with Crippen LogP contribution in [0.1, 0.15) is 11.3 Å². The van der Waals surface area contributed by atoms with E-state index in [9.17, 15) is 0 Å². The highest BCUT2D eigenvalue weighted by Gasteiger charge is 2.15. The molecule has 1 heterocycles. The van der Waals surface area contributed by atoms with E-state index in [1.54, 1.807) is 13.4 Å². The lowest BCUT2D eigenvalue weighted by molar-refractivity contribution is 0.182. The van der Waals surface area contributed by atoms with E-state index in [1.165, 1.54) is 11.1 Å². The van der Waals surface area contributed by atoms with Crippen LogP contribution in [0.3, 0.4) is 0 Å². The minimum atomic E-state index is 0.570. The first-order chi connectivity index (χ1) is 7.83. The fraction of sp³-hybridized carbons (Fsp3) is 0.214. The predicted octanol–water partition coefficient (Wildman–Crippen LogP) is 3.68. The summed E-state index contributed by atoms with van der Waals surface area (Å²) in [6.45, 7) is 2.53. The Morgan fingerprint density at radius 1 is 1.12 bits per heavy atom. The smallest absolute Gasteiger partial charge is 0.332 e. The van der Waals surface area contributed by atoms with Gasteiger partial charge in [-0.05, 0) is 5.56 Å². The largest absolute Gasteiger partial charge is 0.380 e. The number of ether oxygens (including phenoxy) is 1. The molecule has 1 aromatic heterocycles. The minimum Gasteiger partial charge on any atom is -0.380 e. The molecule has 2 aromatic rings. The standard InChI is InChI=1S/C14H15O2/c1-11-14(10-15-2)13(8-9-16-11)12-6-4-3-5-7-12/h3-9H,10H2,1-2H3/q+1. The van der Waals surface area contributed by atoms with Gasteiger partial charge in [0, 0.05) is 18.7 Å². The fourth-order valence-electron chi connectivity index (χ4n) is 1.78. The molecule has 0 atom stereocenters. The minimum absolute atomic E-state index is 0.570. The van der Waals surface area contributed by atoms with E-state index in [0.29, 0.717) is 6.61 Å². The highest BCUT2D eigenvalue weighted by molar-refractivity contribution is 5.67. The molecule has 0 saturated carbocycles. The van der Waals surface area contributed by atoms with Crippen molar-refractivity contribution in [1.82, 2.24) is 0 Å². The number of hydrogen-bond donors (Lipinski definition) is 0. The van der Waals surface area contributed by atoms with Gasteiger partial charge in [0.25, 0.3) is 0 Å². The average molecular weight is 215 g/mol. The highest BCUT2D eigenvalue weighted by Crippen LogP contribution is 2.26. The van der Waals surface area contributed by atoms with Crippen molar-refractivity contribution in [3.63, 3.8) is 0 Å². The second kappa shape index (κ2) is 4.90. The summed E-state index contributed by atoms with van der Waals surface area (Å²) in [7, 11) is 1.70. The zero-order chi connectivity index (χ0) is 11.4. The maximum Gasteiger partial charge on any atom is 0.332 e. The molecular weight excluding hydrogens is 200 g/mol. The monoisotopic (exact) mass is 215 g/mol. The van der Waals surface area contributed by atoms with Crippen LogP contribution in [0.4, 0.5) is 0 Å². The normalized spacial score (nSPS) is 10.4. The molecular formula is C14H15O2+. The van der Waals surface area contributed by atoms with Gasteiger partial charge in [0.2, 0.25) is 0 Å². The topological polar surface area (TPSA) is 20.5 Å². The predicted molar refractivity (Wildman–Crippen MR) is 64.0 cm³/mol. The van der Waals surface area contributed by atoms with Gasteiger partial charge in [0.05, 0.1) is 19.1 Å². The lowest BCUT2D eigenvalue weighted by Gasteiger charge is -2.05. The number of methoxy groups -OCH3 is 1. The van der Waals surface area contributed by atoms with Gasteiger partial charge in [0.1, 0.15) is 0 Å². The molecule has 0 spiro atoms. The molecule has 0 aliphatic heterocycles. The Morgan fingerprint density at radius 3 is 2.56 bits per heavy atom. The molecule has 2 nitrogen and oxygen atoms in total. The Balaban J connectivity index is 2.52. The molecule has 1 aromatic carbocycles. The van der Waals surface area contributed by atoms with Crippen LogP contribution in [0.2, 0.25) is 0 Å². The lowest BCUT2D eigenvalue weighted by atomic mass is 10.0. The van der Waals surface area contributed by atoms with Gasteiger partial charge in [-0.1, -0.05) is 30.3 Å². The zero-order valence-electron chi connectivity index (χ0n) is 9.57. The summed E-state index contributed by atoms with van der Waals surface area (Å²) in [6.07, 6.45) is 1.72. The molecule has 82 valence electrons. The quantitative estimate of drug-likeness (QED) is 0.728. The van der Waals surface area contributed by atoms with Crippen LogP contribution < -0.4 is 0 Å². The van der Waals surface area contributed by atoms with Gasteiger partial charge >= 0.3 is 12.0 Å². The molecule has 0 aliphatic rings. The Bertz CT molecular complexity index is 463. The van der Waals surface area contributed by atoms with Crippen molar-refractivity contribution in [1.29, 1.82) is 0 Å². The molecule has 0 bridgehead atoms. The summed E-state index contributed by atoms with van der Waals surface area (Å²) in [4.78, 5) is 0. The van der Waals surface area contributed by atoms with Crippen LogP contribution in [-0.4, -0.2) is 7.11 Å². The molecule has 0 aliphatic carbocycles. The number of benzene rings is 1. The summed E-state index contributed by atoms with van der Waals surface area (Å²) in [5.74, 6) is 0.906. The van der Waals surface area contributed by atoms with E-state index in [4.69, 9.17) is 9.15 Å². The van der Waals surface area contributed by atoms with Crippen molar-refractivity contribution in [2.75, 3.05) is 7.11 Å². The molecule has 2 heteroatoms. The Hall–Kier alpha value is -1.67. The Kier molecular flexibility index (Phi) is 3.32. The Labute approximate surface area is 95.5 Å². The van der Waals surface area contributed by atoms with Crippen molar-refractivity contribution < 1.29 is 9.15 Å². The molecule has 0 N–H and O–H groups in total. The number of hydrogen-bond acceptors (Lipinski definition) is 1. The van der Waals surface area contributed by atoms with Gasteiger partial charge in [-0.25, -0.2) is 4.42 Å². The molecule has 0 fully saturated rings. The van der Waals surface area contributed by atoms with E-state index >= 15 is 0 Å². The summed E-state index contributed by atoms with van der Waals surface area (Å²) < 4.78 is 10.6. The SMILES string of the molecule is COCc1c(-c2ccccc2)cc[o+]c1C. The second-order valence-corrected chi connectivity index (χ2v) is 3.67. The third-order valence-corrected chi connectivity index (χ3v) is 2.60. The summed E-state index contributed by atoms with van der Waals surface area (Å²) >= 11 is 0. The van der Waals surface area contributed by atoms with Gasteiger partial charge in [-0.15, -0.1) is 0 Å². The van der Waals surface area contributed by atoms with Crippen molar-refractivity contribution in [3.8, 4) is 11.1 Å². The van der Waals surface area contributed by atoms with Gasteiger partial charge in [0.15, 0.2) is 0 Å². The van der Waals surface area contributed by atoms with E-state index in [-0.39, 0.29) is 0 Å². The van der Waals surface area contributed by atoms with E-state index in [1.807, 2.05) is 31.2 Å². The van der Waals surface area contributed by atoms with Crippen LogP contribution in [0.25, 0.3) is 11.1 Å².